The van der Waals surface area contributed by atoms with Crippen LogP contribution in [0.2, 0.25) is 0 Å². The van der Waals surface area contributed by atoms with Crippen molar-refractivity contribution >= 4 is 22.2 Å². The first-order valence-electron chi connectivity index (χ1n) is 8.63. The SMILES string of the molecule is C=C(Oc1ccccc1N)c1ccc(-c2ccc(F)cc2)c2ccccc12. The van der Waals surface area contributed by atoms with E-state index >= 15 is 0 Å². The summed E-state index contributed by atoms with van der Waals surface area (Å²) in [4.78, 5) is 0. The number of hydrogen-bond donors (Lipinski definition) is 1. The average molecular weight is 355 g/mol. The fourth-order valence-corrected chi connectivity index (χ4v) is 3.18. The number of halogens is 1. The maximum Gasteiger partial charge on any atom is 0.150 e. The number of anilines is 1. The quantitative estimate of drug-likeness (QED) is 0.345. The van der Waals surface area contributed by atoms with Crippen LogP contribution in [-0.2, 0) is 0 Å². The molecule has 27 heavy (non-hydrogen) atoms. The second-order valence-electron chi connectivity index (χ2n) is 6.28. The van der Waals surface area contributed by atoms with Gasteiger partial charge in [0.1, 0.15) is 17.3 Å². The highest BCUT2D eigenvalue weighted by Gasteiger charge is 2.12. The minimum Gasteiger partial charge on any atom is -0.455 e. The molecule has 0 radical (unpaired) electrons. The summed E-state index contributed by atoms with van der Waals surface area (Å²) < 4.78 is 19.2. The number of nitrogens with two attached hydrogens (primary N) is 1. The van der Waals surface area contributed by atoms with Crippen molar-refractivity contribution in [1.82, 2.24) is 0 Å². The van der Waals surface area contributed by atoms with Crippen LogP contribution in [0.4, 0.5) is 10.1 Å². The monoisotopic (exact) mass is 355 g/mol. The summed E-state index contributed by atoms with van der Waals surface area (Å²) in [5.41, 5.74) is 9.41. The molecular formula is C24H18FNO. The summed E-state index contributed by atoms with van der Waals surface area (Å²) in [5, 5.41) is 2.06. The lowest BCUT2D eigenvalue weighted by atomic mass is 9.94. The van der Waals surface area contributed by atoms with Crippen molar-refractivity contribution < 1.29 is 9.13 Å². The smallest absolute Gasteiger partial charge is 0.150 e. The molecular weight excluding hydrogens is 337 g/mol. The number of hydrogen-bond acceptors (Lipinski definition) is 2. The van der Waals surface area contributed by atoms with Crippen molar-refractivity contribution in [1.29, 1.82) is 0 Å². The minimum absolute atomic E-state index is 0.248. The van der Waals surface area contributed by atoms with Crippen LogP contribution in [0.15, 0.2) is 91.5 Å². The van der Waals surface area contributed by atoms with Gasteiger partial charge in [0.2, 0.25) is 0 Å². The van der Waals surface area contributed by atoms with E-state index in [4.69, 9.17) is 10.5 Å². The molecule has 2 N–H and O–H groups in total. The zero-order valence-electron chi connectivity index (χ0n) is 14.7. The summed E-state index contributed by atoms with van der Waals surface area (Å²) in [6, 6.07) is 25.9. The summed E-state index contributed by atoms with van der Waals surface area (Å²) >= 11 is 0. The minimum atomic E-state index is -0.248. The van der Waals surface area contributed by atoms with Gasteiger partial charge in [-0.25, -0.2) is 4.39 Å². The Hall–Kier alpha value is -3.59. The van der Waals surface area contributed by atoms with E-state index in [2.05, 4.69) is 6.58 Å². The predicted octanol–water partition coefficient (Wildman–Crippen LogP) is 6.28. The van der Waals surface area contributed by atoms with Crippen LogP contribution >= 0.6 is 0 Å². The Morgan fingerprint density at radius 1 is 0.778 bits per heavy atom. The van der Waals surface area contributed by atoms with Crippen LogP contribution in [0.3, 0.4) is 0 Å². The van der Waals surface area contributed by atoms with Gasteiger partial charge < -0.3 is 10.5 Å². The number of para-hydroxylation sites is 2. The average Bonchev–Trinajstić information content (AvgIpc) is 2.69. The molecule has 3 heteroatoms. The van der Waals surface area contributed by atoms with Gasteiger partial charge in [-0.1, -0.05) is 61.2 Å². The van der Waals surface area contributed by atoms with Gasteiger partial charge in [-0.05, 0) is 52.2 Å². The third-order valence-corrected chi connectivity index (χ3v) is 4.53. The van der Waals surface area contributed by atoms with E-state index in [1.807, 2.05) is 54.6 Å². The molecule has 0 unspecified atom stereocenters. The fraction of sp³-hybridized carbons (Fsp3) is 0. The van der Waals surface area contributed by atoms with Gasteiger partial charge >= 0.3 is 0 Å². The molecule has 0 atom stereocenters. The molecule has 0 bridgehead atoms. The maximum absolute atomic E-state index is 13.3. The molecule has 0 saturated heterocycles. The molecule has 0 aliphatic heterocycles. The van der Waals surface area contributed by atoms with E-state index in [0.29, 0.717) is 17.2 Å². The Kier molecular flexibility index (Phi) is 4.35. The molecule has 0 aliphatic rings. The van der Waals surface area contributed by atoms with E-state index < -0.39 is 0 Å². The molecule has 132 valence electrons. The highest BCUT2D eigenvalue weighted by molar-refractivity contribution is 6.02. The summed E-state index contributed by atoms with van der Waals surface area (Å²) in [6.45, 7) is 4.10. The van der Waals surface area contributed by atoms with E-state index in [9.17, 15) is 4.39 Å². The van der Waals surface area contributed by atoms with Crippen LogP contribution in [-0.4, -0.2) is 0 Å². The van der Waals surface area contributed by atoms with Crippen LogP contribution in [0.25, 0.3) is 27.7 Å². The van der Waals surface area contributed by atoms with Gasteiger partial charge in [-0.2, -0.15) is 0 Å². The lowest BCUT2D eigenvalue weighted by molar-refractivity contribution is 0.520. The van der Waals surface area contributed by atoms with Gasteiger partial charge in [0.25, 0.3) is 0 Å². The van der Waals surface area contributed by atoms with Crippen molar-refractivity contribution in [3.63, 3.8) is 0 Å². The van der Waals surface area contributed by atoms with Gasteiger partial charge in [0.05, 0.1) is 5.69 Å². The summed E-state index contributed by atoms with van der Waals surface area (Å²) in [7, 11) is 0. The number of nitrogen functional groups attached to an aromatic ring is 1. The Morgan fingerprint density at radius 3 is 2.19 bits per heavy atom. The molecule has 4 rings (SSSR count). The normalized spacial score (nSPS) is 10.7. The lowest BCUT2D eigenvalue weighted by Gasteiger charge is -2.15. The zero-order chi connectivity index (χ0) is 18.8. The standard InChI is InChI=1S/C24H18FNO/c1-16(27-24-9-5-4-8-23(24)26)19-14-15-20(17-10-12-18(25)13-11-17)22-7-3-2-6-21(19)22/h2-15H,1,26H2. The molecule has 0 amide bonds. The first-order chi connectivity index (χ1) is 13.1. The van der Waals surface area contributed by atoms with E-state index in [0.717, 1.165) is 27.5 Å². The van der Waals surface area contributed by atoms with Gasteiger partial charge in [0.15, 0.2) is 0 Å². The third kappa shape index (κ3) is 3.27. The zero-order valence-corrected chi connectivity index (χ0v) is 14.7. The van der Waals surface area contributed by atoms with Crippen molar-refractivity contribution in [2.24, 2.45) is 0 Å². The number of fused-ring (bicyclic) bond motifs is 1. The summed E-state index contributed by atoms with van der Waals surface area (Å²) in [5.74, 6) is 0.853. The molecule has 2 nitrogen and oxygen atoms in total. The Labute approximate surface area is 157 Å². The van der Waals surface area contributed by atoms with Gasteiger partial charge in [-0.15, -0.1) is 0 Å². The maximum atomic E-state index is 13.3. The highest BCUT2D eigenvalue weighted by atomic mass is 19.1. The highest BCUT2D eigenvalue weighted by Crippen LogP contribution is 2.34. The van der Waals surface area contributed by atoms with E-state index in [-0.39, 0.29) is 5.82 Å². The first kappa shape index (κ1) is 16.9. The number of ether oxygens (including phenoxy) is 1. The second kappa shape index (κ2) is 6.96. The molecule has 0 aliphatic carbocycles. The Morgan fingerprint density at radius 2 is 1.44 bits per heavy atom. The van der Waals surface area contributed by atoms with Crippen molar-refractivity contribution in [3.05, 3.63) is 103 Å². The largest absolute Gasteiger partial charge is 0.455 e. The molecule has 0 fully saturated rings. The molecule has 0 aromatic heterocycles. The van der Waals surface area contributed by atoms with Crippen molar-refractivity contribution in [3.8, 4) is 16.9 Å². The number of rotatable bonds is 4. The van der Waals surface area contributed by atoms with Gasteiger partial charge in [0, 0.05) is 5.56 Å². The third-order valence-electron chi connectivity index (χ3n) is 4.53. The van der Waals surface area contributed by atoms with Crippen LogP contribution in [0.5, 0.6) is 5.75 Å². The molecule has 4 aromatic rings. The Balaban J connectivity index is 1.79. The Bertz CT molecular complexity index is 1130. The first-order valence-corrected chi connectivity index (χ1v) is 8.63. The molecule has 0 saturated carbocycles. The predicted molar refractivity (Wildman–Crippen MR) is 110 cm³/mol. The van der Waals surface area contributed by atoms with Crippen LogP contribution in [0.1, 0.15) is 5.56 Å². The van der Waals surface area contributed by atoms with Crippen LogP contribution < -0.4 is 10.5 Å². The summed E-state index contributed by atoms with van der Waals surface area (Å²) in [6.07, 6.45) is 0. The van der Waals surface area contributed by atoms with E-state index in [1.165, 1.54) is 12.1 Å². The fourth-order valence-electron chi connectivity index (χ4n) is 3.18. The molecule has 4 aromatic carbocycles. The van der Waals surface area contributed by atoms with Gasteiger partial charge in [-0.3, -0.25) is 0 Å². The van der Waals surface area contributed by atoms with Crippen molar-refractivity contribution in [2.45, 2.75) is 0 Å². The lowest BCUT2D eigenvalue weighted by Crippen LogP contribution is -1.98. The van der Waals surface area contributed by atoms with Crippen molar-refractivity contribution in [2.75, 3.05) is 5.73 Å². The molecule has 0 spiro atoms. The second-order valence-corrected chi connectivity index (χ2v) is 6.28. The topological polar surface area (TPSA) is 35.2 Å². The molecule has 0 heterocycles. The van der Waals surface area contributed by atoms with Crippen LogP contribution in [0, 0.1) is 5.82 Å². The van der Waals surface area contributed by atoms with E-state index in [1.54, 1.807) is 18.2 Å². The number of benzene rings is 4.